The molecule has 2 rings (SSSR count). The number of ketones is 1. The number of carbonyl (C=O) groups is 1. The van der Waals surface area contributed by atoms with Gasteiger partial charge in [0.25, 0.3) is 0 Å². The number of aliphatic hydroxyl groups excluding tert-OH is 1. The fourth-order valence-electron chi connectivity index (χ4n) is 1.87. The summed E-state index contributed by atoms with van der Waals surface area (Å²) in [6, 6.07) is 9.67. The van der Waals surface area contributed by atoms with Gasteiger partial charge in [-0.3, -0.25) is 4.79 Å². The molecule has 0 aliphatic heterocycles. The van der Waals surface area contributed by atoms with Crippen LogP contribution in [0.4, 0.5) is 0 Å². The minimum absolute atomic E-state index is 0.0684. The first-order chi connectivity index (χ1) is 8.72. The van der Waals surface area contributed by atoms with Crippen LogP contribution in [0.1, 0.15) is 34.8 Å². The van der Waals surface area contributed by atoms with Crippen LogP contribution in [0.3, 0.4) is 0 Å². The number of Topliss-reactive ketones (excluding diaryl/α,β-unsaturated/α-hetero) is 1. The maximum Gasteiger partial charge on any atom is 0.164 e. The van der Waals surface area contributed by atoms with Crippen LogP contribution in [0.5, 0.6) is 0 Å². The van der Waals surface area contributed by atoms with E-state index in [4.69, 9.17) is 5.11 Å². The minimum Gasteiger partial charge on any atom is -0.392 e. The van der Waals surface area contributed by atoms with Crippen molar-refractivity contribution in [3.63, 3.8) is 0 Å². The van der Waals surface area contributed by atoms with Crippen LogP contribution >= 0.6 is 0 Å². The van der Waals surface area contributed by atoms with Gasteiger partial charge in [-0.05, 0) is 17.2 Å². The third-order valence-electron chi connectivity index (χ3n) is 2.96. The molecular weight excluding hydrogens is 226 g/mol. The van der Waals surface area contributed by atoms with Gasteiger partial charge in [-0.15, -0.1) is 0 Å². The number of nitrogens with zero attached hydrogens (tertiary/aromatic N) is 1. The summed E-state index contributed by atoms with van der Waals surface area (Å²) in [6.45, 7) is 2.68. The first-order valence-electron chi connectivity index (χ1n) is 6.10. The van der Waals surface area contributed by atoms with E-state index >= 15 is 0 Å². The molecule has 0 aliphatic carbocycles. The molecule has 94 valence electrons. The maximum atomic E-state index is 11.5. The molecule has 1 N–H and O–H groups in total. The van der Waals surface area contributed by atoms with Crippen molar-refractivity contribution in [2.75, 3.05) is 0 Å². The Morgan fingerprint density at radius 2 is 1.83 bits per heavy atom. The van der Waals surface area contributed by atoms with E-state index in [1.807, 2.05) is 54.2 Å². The summed E-state index contributed by atoms with van der Waals surface area (Å²) in [5, 5.41) is 8.97. The van der Waals surface area contributed by atoms with E-state index in [0.717, 1.165) is 23.2 Å². The van der Waals surface area contributed by atoms with Crippen LogP contribution in [0, 0.1) is 0 Å². The normalized spacial score (nSPS) is 10.6. The molecule has 18 heavy (non-hydrogen) atoms. The molecule has 0 saturated carbocycles. The number of hydrogen-bond donors (Lipinski definition) is 1. The molecule has 0 radical (unpaired) electrons. The Bertz CT molecular complexity index is 526. The van der Waals surface area contributed by atoms with E-state index in [1.165, 1.54) is 0 Å². The third-order valence-corrected chi connectivity index (χ3v) is 2.96. The smallest absolute Gasteiger partial charge is 0.164 e. The van der Waals surface area contributed by atoms with Crippen LogP contribution in [0.2, 0.25) is 0 Å². The van der Waals surface area contributed by atoms with E-state index in [0.29, 0.717) is 6.42 Å². The van der Waals surface area contributed by atoms with Gasteiger partial charge in [0.2, 0.25) is 0 Å². The van der Waals surface area contributed by atoms with E-state index in [-0.39, 0.29) is 12.4 Å². The van der Waals surface area contributed by atoms with Gasteiger partial charge in [0.05, 0.1) is 6.61 Å². The molecule has 0 aliphatic rings. The van der Waals surface area contributed by atoms with Crippen molar-refractivity contribution < 1.29 is 9.90 Å². The summed E-state index contributed by atoms with van der Waals surface area (Å²) in [5.41, 5.74) is 2.83. The lowest BCUT2D eigenvalue weighted by molar-refractivity contribution is 0.0988. The predicted octanol–water partition coefficient (Wildman–Crippen LogP) is 2.62. The lowest BCUT2D eigenvalue weighted by Gasteiger charge is -2.04. The molecule has 0 unspecified atom stereocenters. The summed E-state index contributed by atoms with van der Waals surface area (Å²) >= 11 is 0. The van der Waals surface area contributed by atoms with Crippen LogP contribution in [0.25, 0.3) is 0 Å². The molecule has 0 atom stereocenters. The lowest BCUT2D eigenvalue weighted by Crippen LogP contribution is -1.98. The molecule has 1 aromatic carbocycles. The monoisotopic (exact) mass is 243 g/mol. The lowest BCUT2D eigenvalue weighted by atomic mass is 10.1. The molecule has 0 fully saturated rings. The molecule has 3 heteroatoms. The zero-order valence-electron chi connectivity index (χ0n) is 10.5. The Morgan fingerprint density at radius 3 is 2.44 bits per heavy atom. The van der Waals surface area contributed by atoms with Crippen molar-refractivity contribution in [3.8, 4) is 0 Å². The highest BCUT2D eigenvalue weighted by Crippen LogP contribution is 2.09. The number of benzene rings is 1. The van der Waals surface area contributed by atoms with Crippen LogP contribution in [-0.4, -0.2) is 15.5 Å². The largest absolute Gasteiger partial charge is 0.392 e. The Morgan fingerprint density at radius 1 is 1.17 bits per heavy atom. The highest BCUT2D eigenvalue weighted by molar-refractivity contribution is 5.95. The summed E-state index contributed by atoms with van der Waals surface area (Å²) in [7, 11) is 0. The Balaban J connectivity index is 2.08. The second-order valence-electron chi connectivity index (χ2n) is 4.32. The Kier molecular flexibility index (Phi) is 3.95. The molecule has 1 heterocycles. The molecule has 0 amide bonds. The highest BCUT2D eigenvalue weighted by atomic mass is 16.3. The topological polar surface area (TPSA) is 42.2 Å². The fourth-order valence-corrected chi connectivity index (χ4v) is 1.87. The van der Waals surface area contributed by atoms with Crippen LogP contribution in [-0.2, 0) is 13.2 Å². The predicted molar refractivity (Wildman–Crippen MR) is 70.5 cm³/mol. The van der Waals surface area contributed by atoms with Crippen molar-refractivity contribution in [2.24, 2.45) is 0 Å². The van der Waals surface area contributed by atoms with E-state index in [9.17, 15) is 4.79 Å². The van der Waals surface area contributed by atoms with Crippen molar-refractivity contribution in [2.45, 2.75) is 26.5 Å². The SMILES string of the molecule is CCC(=O)c1ccn(Cc2ccc(CO)cc2)c1. The molecule has 3 nitrogen and oxygen atoms in total. The molecule has 0 bridgehead atoms. The van der Waals surface area contributed by atoms with Gasteiger partial charge < -0.3 is 9.67 Å². The van der Waals surface area contributed by atoms with Gasteiger partial charge in [0.15, 0.2) is 5.78 Å². The van der Waals surface area contributed by atoms with E-state index < -0.39 is 0 Å². The molecule has 0 spiro atoms. The number of carbonyl (C=O) groups excluding carboxylic acids is 1. The summed E-state index contributed by atoms with van der Waals surface area (Å²) in [4.78, 5) is 11.5. The van der Waals surface area contributed by atoms with Crippen molar-refractivity contribution >= 4 is 5.78 Å². The van der Waals surface area contributed by atoms with Crippen molar-refractivity contribution in [1.29, 1.82) is 0 Å². The van der Waals surface area contributed by atoms with Crippen LogP contribution < -0.4 is 0 Å². The summed E-state index contributed by atoms with van der Waals surface area (Å²) in [5.74, 6) is 0.171. The molecule has 0 saturated heterocycles. The Hall–Kier alpha value is -1.87. The number of aromatic nitrogens is 1. The van der Waals surface area contributed by atoms with Gasteiger partial charge in [-0.25, -0.2) is 0 Å². The fraction of sp³-hybridized carbons (Fsp3) is 0.267. The van der Waals surface area contributed by atoms with Gasteiger partial charge >= 0.3 is 0 Å². The zero-order valence-corrected chi connectivity index (χ0v) is 10.5. The number of hydrogen-bond acceptors (Lipinski definition) is 2. The average molecular weight is 243 g/mol. The minimum atomic E-state index is 0.0684. The molecular formula is C15H17NO2. The average Bonchev–Trinajstić information content (AvgIpc) is 2.87. The quantitative estimate of drug-likeness (QED) is 0.820. The second kappa shape index (κ2) is 5.65. The second-order valence-corrected chi connectivity index (χ2v) is 4.32. The maximum absolute atomic E-state index is 11.5. The van der Waals surface area contributed by atoms with Crippen LogP contribution in [0.15, 0.2) is 42.7 Å². The van der Waals surface area contributed by atoms with Crippen molar-refractivity contribution in [3.05, 3.63) is 59.4 Å². The van der Waals surface area contributed by atoms with Gasteiger partial charge in [-0.2, -0.15) is 0 Å². The first kappa shape index (κ1) is 12.6. The van der Waals surface area contributed by atoms with Crippen molar-refractivity contribution in [1.82, 2.24) is 4.57 Å². The third kappa shape index (κ3) is 2.87. The highest BCUT2D eigenvalue weighted by Gasteiger charge is 2.04. The first-order valence-corrected chi connectivity index (χ1v) is 6.10. The zero-order chi connectivity index (χ0) is 13.0. The Labute approximate surface area is 107 Å². The van der Waals surface area contributed by atoms with Gasteiger partial charge in [-0.1, -0.05) is 31.2 Å². The van der Waals surface area contributed by atoms with E-state index in [1.54, 1.807) is 0 Å². The standard InChI is InChI=1S/C15H17NO2/c1-2-15(18)14-7-8-16(10-14)9-12-3-5-13(11-17)6-4-12/h3-8,10,17H,2,9,11H2,1H3. The molecule has 2 aromatic rings. The number of rotatable bonds is 5. The van der Waals surface area contributed by atoms with E-state index in [2.05, 4.69) is 0 Å². The van der Waals surface area contributed by atoms with Gasteiger partial charge in [0, 0.05) is 30.9 Å². The number of aliphatic hydroxyl groups is 1. The van der Waals surface area contributed by atoms with Gasteiger partial charge in [0.1, 0.15) is 0 Å². The molecule has 1 aromatic heterocycles. The summed E-state index contributed by atoms with van der Waals surface area (Å²) < 4.78 is 2.00. The summed E-state index contributed by atoms with van der Waals surface area (Å²) in [6.07, 6.45) is 4.34.